The predicted octanol–water partition coefficient (Wildman–Crippen LogP) is 4.76. The first-order valence-corrected chi connectivity index (χ1v) is 9.08. The van der Waals surface area contributed by atoms with Gasteiger partial charge in [0.05, 0.1) is 17.6 Å². The van der Waals surface area contributed by atoms with Crippen molar-refractivity contribution in [2.24, 2.45) is 0 Å². The zero-order valence-corrected chi connectivity index (χ0v) is 16.4. The van der Waals surface area contributed by atoms with E-state index >= 15 is 0 Å². The van der Waals surface area contributed by atoms with Crippen LogP contribution in [0.5, 0.6) is 5.75 Å². The summed E-state index contributed by atoms with van der Waals surface area (Å²) < 4.78 is 12.1. The average Bonchev–Trinajstić information content (AvgIpc) is 2.99. The van der Waals surface area contributed by atoms with E-state index in [2.05, 4.69) is 31.1 Å². The molecular weight excluding hydrogens is 356 g/mol. The Morgan fingerprint density at radius 1 is 1.14 bits per heavy atom. The fraction of sp³-hybridized carbons (Fsp3) is 0.286. The Hall–Kier alpha value is -3.35. The average molecular weight is 380 g/mol. The number of aromatic nitrogens is 2. The summed E-state index contributed by atoms with van der Waals surface area (Å²) in [5.41, 5.74) is 2.48. The number of benzene rings is 2. The number of anilines is 1. The van der Waals surface area contributed by atoms with Crippen molar-refractivity contribution in [2.45, 2.75) is 33.1 Å². The molecule has 0 saturated carbocycles. The normalized spacial score (nSPS) is 11.3. The minimum Gasteiger partial charge on any atom is -0.450 e. The second-order valence-corrected chi connectivity index (χ2v) is 7.29. The van der Waals surface area contributed by atoms with Crippen molar-refractivity contribution in [3.8, 4) is 5.75 Å². The van der Waals surface area contributed by atoms with E-state index < -0.39 is 6.09 Å². The molecule has 28 heavy (non-hydrogen) atoms. The van der Waals surface area contributed by atoms with Crippen LogP contribution in [0, 0.1) is 5.41 Å². The molecule has 0 spiro atoms. The van der Waals surface area contributed by atoms with Gasteiger partial charge in [-0.15, -0.1) is 0 Å². The number of amides is 1. The lowest BCUT2D eigenvalue weighted by Gasteiger charge is -2.19. The zero-order chi connectivity index (χ0) is 20.3. The molecule has 1 aromatic heterocycles. The summed E-state index contributed by atoms with van der Waals surface area (Å²) in [5, 5.41) is 11.0. The number of ether oxygens (including phenoxy) is 2. The highest BCUT2D eigenvalue weighted by Gasteiger charge is 2.19. The largest absolute Gasteiger partial charge is 0.450 e. The van der Waals surface area contributed by atoms with Gasteiger partial charge in [0, 0.05) is 0 Å². The number of carbonyl (C=O) groups excluding carboxylic acids is 1. The Bertz CT molecular complexity index is 1000. The summed E-state index contributed by atoms with van der Waals surface area (Å²) in [5.74, 6) is 0.689. The van der Waals surface area contributed by atoms with Gasteiger partial charge in [0.2, 0.25) is 5.95 Å². The van der Waals surface area contributed by atoms with Crippen LogP contribution in [0.4, 0.5) is 10.7 Å². The molecule has 0 aliphatic heterocycles. The van der Waals surface area contributed by atoms with E-state index in [-0.39, 0.29) is 24.0 Å². The molecule has 7 heteroatoms. The Morgan fingerprint density at radius 2 is 1.82 bits per heavy atom. The molecule has 3 aromatic rings. The van der Waals surface area contributed by atoms with Crippen LogP contribution in [0.15, 0.2) is 48.5 Å². The monoisotopic (exact) mass is 380 g/mol. The topological polar surface area (TPSA) is 89.2 Å². The van der Waals surface area contributed by atoms with Crippen molar-refractivity contribution >= 4 is 29.1 Å². The van der Waals surface area contributed by atoms with Crippen LogP contribution in [-0.2, 0) is 10.2 Å². The lowest BCUT2D eigenvalue weighted by Crippen LogP contribution is -2.23. The Morgan fingerprint density at radius 3 is 2.46 bits per heavy atom. The lowest BCUT2D eigenvalue weighted by atomic mass is 9.87. The fourth-order valence-corrected chi connectivity index (χ4v) is 2.75. The SMILES string of the molecule is CCOC(=O)Nc1nc2ccccc2n1C(=N)Oc1ccc(C(C)(C)C)cc1. The van der Waals surface area contributed by atoms with Crippen molar-refractivity contribution in [2.75, 3.05) is 11.9 Å². The third-order valence-corrected chi connectivity index (χ3v) is 4.19. The summed E-state index contributed by atoms with van der Waals surface area (Å²) in [4.78, 5) is 16.2. The van der Waals surface area contributed by atoms with Crippen LogP contribution in [0.1, 0.15) is 33.3 Å². The first-order chi connectivity index (χ1) is 13.3. The van der Waals surface area contributed by atoms with E-state index in [4.69, 9.17) is 14.9 Å². The molecule has 3 rings (SSSR count). The van der Waals surface area contributed by atoms with Crippen LogP contribution in [0.3, 0.4) is 0 Å². The lowest BCUT2D eigenvalue weighted by molar-refractivity contribution is 0.167. The number of hydrogen-bond acceptors (Lipinski definition) is 5. The molecule has 0 aliphatic carbocycles. The van der Waals surface area contributed by atoms with E-state index in [1.807, 2.05) is 36.4 Å². The van der Waals surface area contributed by atoms with E-state index in [1.165, 1.54) is 10.1 Å². The van der Waals surface area contributed by atoms with Crippen LogP contribution >= 0.6 is 0 Å². The molecule has 0 saturated heterocycles. The van der Waals surface area contributed by atoms with E-state index in [9.17, 15) is 4.79 Å². The smallest absolute Gasteiger partial charge is 0.413 e. The maximum Gasteiger partial charge on any atom is 0.413 e. The third kappa shape index (κ3) is 4.14. The molecule has 2 N–H and O–H groups in total. The second kappa shape index (κ2) is 7.72. The van der Waals surface area contributed by atoms with Gasteiger partial charge in [0.1, 0.15) is 5.75 Å². The standard InChI is InChI=1S/C21H24N4O3/c1-5-27-20(26)24-19-23-16-8-6-7-9-17(16)25(19)18(22)28-15-12-10-14(11-13-15)21(2,3)4/h6-13,22H,5H2,1-4H3,(H,23,24,26). The Balaban J connectivity index is 1.91. The quantitative estimate of drug-likeness (QED) is 0.506. The minimum atomic E-state index is -0.638. The number of rotatable bonds is 3. The van der Waals surface area contributed by atoms with Gasteiger partial charge < -0.3 is 9.47 Å². The first-order valence-electron chi connectivity index (χ1n) is 9.08. The molecule has 1 amide bonds. The van der Waals surface area contributed by atoms with Gasteiger partial charge in [-0.25, -0.2) is 14.3 Å². The summed E-state index contributed by atoms with van der Waals surface area (Å²) >= 11 is 0. The second-order valence-electron chi connectivity index (χ2n) is 7.29. The summed E-state index contributed by atoms with van der Waals surface area (Å²) in [6.45, 7) is 8.36. The zero-order valence-electron chi connectivity index (χ0n) is 16.4. The predicted molar refractivity (Wildman–Crippen MR) is 109 cm³/mol. The number of nitrogens with one attached hydrogen (secondary N) is 2. The molecule has 0 aliphatic rings. The van der Waals surface area contributed by atoms with Gasteiger partial charge in [-0.3, -0.25) is 10.7 Å². The van der Waals surface area contributed by atoms with Gasteiger partial charge in [-0.2, -0.15) is 0 Å². The minimum absolute atomic E-state index is 0.0311. The molecule has 2 aromatic carbocycles. The van der Waals surface area contributed by atoms with Gasteiger partial charge in [0.15, 0.2) is 0 Å². The number of nitrogens with zero attached hydrogens (tertiary/aromatic N) is 2. The molecular formula is C21H24N4O3. The Kier molecular flexibility index (Phi) is 5.35. The number of fused-ring (bicyclic) bond motifs is 1. The van der Waals surface area contributed by atoms with Crippen LogP contribution in [0.2, 0.25) is 0 Å². The molecule has 0 bridgehead atoms. The van der Waals surface area contributed by atoms with Crippen molar-refractivity contribution in [3.05, 3.63) is 54.1 Å². The molecule has 0 fully saturated rings. The van der Waals surface area contributed by atoms with Crippen LogP contribution in [-0.4, -0.2) is 28.3 Å². The van der Waals surface area contributed by atoms with Crippen molar-refractivity contribution in [3.63, 3.8) is 0 Å². The maximum absolute atomic E-state index is 11.9. The van der Waals surface area contributed by atoms with Crippen LogP contribution in [0.25, 0.3) is 11.0 Å². The molecule has 0 unspecified atom stereocenters. The highest BCUT2D eigenvalue weighted by Crippen LogP contribution is 2.25. The van der Waals surface area contributed by atoms with Crippen LogP contribution < -0.4 is 10.1 Å². The summed E-state index contributed by atoms with van der Waals surface area (Å²) in [7, 11) is 0. The van der Waals surface area contributed by atoms with Crippen molar-refractivity contribution in [1.82, 2.24) is 9.55 Å². The van der Waals surface area contributed by atoms with Crippen molar-refractivity contribution < 1.29 is 14.3 Å². The van der Waals surface area contributed by atoms with E-state index in [0.29, 0.717) is 16.8 Å². The highest BCUT2D eigenvalue weighted by atomic mass is 16.5. The third-order valence-electron chi connectivity index (χ3n) is 4.19. The highest BCUT2D eigenvalue weighted by molar-refractivity contribution is 5.95. The number of carbonyl (C=O) groups is 1. The molecule has 1 heterocycles. The fourth-order valence-electron chi connectivity index (χ4n) is 2.75. The molecule has 146 valence electrons. The van der Waals surface area contributed by atoms with E-state index in [1.54, 1.807) is 19.1 Å². The molecule has 0 radical (unpaired) electrons. The number of hydrogen-bond donors (Lipinski definition) is 2. The number of para-hydroxylation sites is 2. The van der Waals surface area contributed by atoms with Crippen molar-refractivity contribution in [1.29, 1.82) is 5.41 Å². The van der Waals surface area contributed by atoms with E-state index in [0.717, 1.165) is 0 Å². The summed E-state index contributed by atoms with van der Waals surface area (Å²) in [6, 6.07) is 14.7. The molecule has 0 atom stereocenters. The number of imidazole rings is 1. The van der Waals surface area contributed by atoms with Gasteiger partial charge in [-0.1, -0.05) is 45.0 Å². The van der Waals surface area contributed by atoms with Gasteiger partial charge in [0.25, 0.3) is 0 Å². The first kappa shape index (κ1) is 19.4. The summed E-state index contributed by atoms with van der Waals surface area (Å²) in [6.07, 6.45) is -0.638. The van der Waals surface area contributed by atoms with Gasteiger partial charge >= 0.3 is 12.1 Å². The van der Waals surface area contributed by atoms with Gasteiger partial charge in [-0.05, 0) is 42.2 Å². The molecule has 7 nitrogen and oxygen atoms in total. The Labute approximate surface area is 163 Å². The maximum atomic E-state index is 11.9.